The van der Waals surface area contributed by atoms with Crippen LogP contribution in [0.15, 0.2) is 30.3 Å². The summed E-state index contributed by atoms with van der Waals surface area (Å²) in [6, 6.07) is 8.57. The van der Waals surface area contributed by atoms with E-state index in [1.54, 1.807) is 6.92 Å². The molecule has 2 heterocycles. The summed E-state index contributed by atoms with van der Waals surface area (Å²) in [6.07, 6.45) is -0.00510. The second-order valence-corrected chi connectivity index (χ2v) is 6.53. The molecule has 2 amide bonds. The van der Waals surface area contributed by atoms with Crippen molar-refractivity contribution < 1.29 is 14.3 Å². The Morgan fingerprint density at radius 1 is 1.22 bits per heavy atom. The lowest BCUT2D eigenvalue weighted by molar-refractivity contribution is -0.118. The van der Waals surface area contributed by atoms with E-state index in [-0.39, 0.29) is 11.8 Å². The number of nitrogens with two attached hydrogens (primary N) is 2. The number of carbonyl (C=O) groups is 2. The fourth-order valence-electron chi connectivity index (χ4n) is 2.55. The zero-order valence-corrected chi connectivity index (χ0v) is 15.2. The molecule has 27 heavy (non-hydrogen) atoms. The molecule has 0 bridgehead atoms. The van der Waals surface area contributed by atoms with E-state index in [1.165, 1.54) is 11.6 Å². The van der Waals surface area contributed by atoms with Gasteiger partial charge in [0.2, 0.25) is 11.9 Å². The van der Waals surface area contributed by atoms with E-state index in [0.717, 1.165) is 5.75 Å². The number of primary amides is 2. The minimum absolute atomic E-state index is 0.00510. The number of nitrogens with one attached hydrogen (secondary N) is 1. The molecule has 1 saturated heterocycles. The van der Waals surface area contributed by atoms with Crippen LogP contribution in [0, 0.1) is 6.92 Å². The normalized spacial score (nSPS) is 15.0. The van der Waals surface area contributed by atoms with Gasteiger partial charge in [-0.15, -0.1) is 0 Å². The number of anilines is 2. The first-order chi connectivity index (χ1) is 12.8. The molecule has 1 aliphatic rings. The van der Waals surface area contributed by atoms with Gasteiger partial charge in [0.15, 0.2) is 0 Å². The SMILES string of the molecule is Cc1ccc(OC2CN(c3nc(N[C@@H](C)C(N)=O)cc(C(N)=O)n3)C2)cc1. The topological polar surface area (TPSA) is 136 Å². The van der Waals surface area contributed by atoms with Crippen LogP contribution in [0.25, 0.3) is 0 Å². The molecule has 0 saturated carbocycles. The summed E-state index contributed by atoms with van der Waals surface area (Å²) >= 11 is 0. The molecule has 0 radical (unpaired) electrons. The smallest absolute Gasteiger partial charge is 0.267 e. The number of amides is 2. The van der Waals surface area contributed by atoms with Crippen molar-refractivity contribution in [1.82, 2.24) is 9.97 Å². The molecule has 0 aliphatic carbocycles. The predicted molar refractivity (Wildman–Crippen MR) is 101 cm³/mol. The summed E-state index contributed by atoms with van der Waals surface area (Å²) in [5.41, 5.74) is 11.8. The zero-order valence-electron chi connectivity index (χ0n) is 15.2. The van der Waals surface area contributed by atoms with Crippen LogP contribution in [0.3, 0.4) is 0 Å². The molecule has 1 fully saturated rings. The van der Waals surface area contributed by atoms with E-state index in [4.69, 9.17) is 16.2 Å². The molecule has 3 rings (SSSR count). The minimum Gasteiger partial charge on any atom is -0.487 e. The van der Waals surface area contributed by atoms with Gasteiger partial charge >= 0.3 is 0 Å². The molecule has 1 atom stereocenters. The highest BCUT2D eigenvalue weighted by molar-refractivity contribution is 5.92. The summed E-state index contributed by atoms with van der Waals surface area (Å²) in [5.74, 6) is 0.236. The van der Waals surface area contributed by atoms with Crippen molar-refractivity contribution in [2.45, 2.75) is 26.0 Å². The molecule has 0 spiro atoms. The van der Waals surface area contributed by atoms with Gasteiger partial charge in [0.05, 0.1) is 13.1 Å². The molecule has 0 unspecified atom stereocenters. The number of rotatable bonds is 7. The molecule has 1 aliphatic heterocycles. The Hall–Kier alpha value is -3.36. The average molecular weight is 370 g/mol. The molecule has 9 nitrogen and oxygen atoms in total. The van der Waals surface area contributed by atoms with Gasteiger partial charge in [0, 0.05) is 6.07 Å². The fourth-order valence-corrected chi connectivity index (χ4v) is 2.55. The van der Waals surface area contributed by atoms with E-state index in [1.807, 2.05) is 36.1 Å². The third-order valence-corrected chi connectivity index (χ3v) is 4.21. The number of nitrogens with zero attached hydrogens (tertiary/aromatic N) is 3. The highest BCUT2D eigenvalue weighted by Crippen LogP contribution is 2.23. The highest BCUT2D eigenvalue weighted by atomic mass is 16.5. The number of carbonyl (C=O) groups excluding carboxylic acids is 2. The molecule has 1 aromatic carbocycles. The Morgan fingerprint density at radius 2 is 1.89 bits per heavy atom. The molecule has 9 heteroatoms. The second-order valence-electron chi connectivity index (χ2n) is 6.53. The third-order valence-electron chi connectivity index (χ3n) is 4.21. The van der Waals surface area contributed by atoms with Crippen molar-refractivity contribution in [3.63, 3.8) is 0 Å². The molecular weight excluding hydrogens is 348 g/mol. The average Bonchev–Trinajstić information content (AvgIpc) is 2.58. The van der Waals surface area contributed by atoms with E-state index in [0.29, 0.717) is 24.9 Å². The van der Waals surface area contributed by atoms with Crippen LogP contribution in [0.5, 0.6) is 5.75 Å². The van der Waals surface area contributed by atoms with Crippen molar-refractivity contribution in [2.75, 3.05) is 23.3 Å². The predicted octanol–water partition coefficient (Wildman–Crippen LogP) is 0.437. The number of aryl methyl sites for hydroxylation is 1. The van der Waals surface area contributed by atoms with E-state index < -0.39 is 17.9 Å². The van der Waals surface area contributed by atoms with Crippen molar-refractivity contribution in [3.05, 3.63) is 41.6 Å². The third kappa shape index (κ3) is 4.43. The first-order valence-electron chi connectivity index (χ1n) is 8.55. The molecule has 2 aromatic rings. The van der Waals surface area contributed by atoms with Crippen molar-refractivity contribution >= 4 is 23.6 Å². The van der Waals surface area contributed by atoms with Gasteiger partial charge in [0.1, 0.15) is 29.4 Å². The fraction of sp³-hybridized carbons (Fsp3) is 0.333. The molecule has 5 N–H and O–H groups in total. The van der Waals surface area contributed by atoms with Crippen LogP contribution in [-0.4, -0.2) is 47.0 Å². The minimum atomic E-state index is -0.679. The largest absolute Gasteiger partial charge is 0.487 e. The number of ether oxygens (including phenoxy) is 1. The number of hydrogen-bond acceptors (Lipinski definition) is 7. The Bertz CT molecular complexity index is 849. The summed E-state index contributed by atoms with van der Waals surface area (Å²) in [7, 11) is 0. The zero-order chi connectivity index (χ0) is 19.6. The lowest BCUT2D eigenvalue weighted by Crippen LogP contribution is -2.54. The summed E-state index contributed by atoms with van der Waals surface area (Å²) in [5, 5.41) is 2.85. The maximum Gasteiger partial charge on any atom is 0.267 e. The van der Waals surface area contributed by atoms with Crippen molar-refractivity contribution in [1.29, 1.82) is 0 Å². The quantitative estimate of drug-likeness (QED) is 0.643. The van der Waals surface area contributed by atoms with Crippen molar-refractivity contribution in [2.24, 2.45) is 11.5 Å². The first-order valence-corrected chi connectivity index (χ1v) is 8.55. The lowest BCUT2D eigenvalue weighted by Gasteiger charge is -2.39. The van der Waals surface area contributed by atoms with Crippen LogP contribution in [-0.2, 0) is 4.79 Å². The monoisotopic (exact) mass is 370 g/mol. The van der Waals surface area contributed by atoms with Crippen LogP contribution in [0.1, 0.15) is 23.0 Å². The van der Waals surface area contributed by atoms with E-state index >= 15 is 0 Å². The van der Waals surface area contributed by atoms with Gasteiger partial charge in [-0.2, -0.15) is 4.98 Å². The first kappa shape index (κ1) is 18.4. The summed E-state index contributed by atoms with van der Waals surface area (Å²) in [4.78, 5) is 33.2. The van der Waals surface area contributed by atoms with Crippen molar-refractivity contribution in [3.8, 4) is 5.75 Å². The number of benzene rings is 1. The number of aromatic nitrogens is 2. The Kier molecular flexibility index (Phi) is 5.11. The van der Waals surface area contributed by atoms with Crippen LogP contribution < -0.4 is 26.4 Å². The van der Waals surface area contributed by atoms with Gasteiger partial charge in [0.25, 0.3) is 5.91 Å². The molecular formula is C18H22N6O3. The van der Waals surface area contributed by atoms with Gasteiger partial charge in [-0.05, 0) is 26.0 Å². The van der Waals surface area contributed by atoms with E-state index in [2.05, 4.69) is 15.3 Å². The Morgan fingerprint density at radius 3 is 2.48 bits per heavy atom. The van der Waals surface area contributed by atoms with Crippen LogP contribution >= 0.6 is 0 Å². The lowest BCUT2D eigenvalue weighted by atomic mass is 10.1. The standard InChI is InChI=1S/C18H22N6O3/c1-10-3-5-12(6-4-10)27-13-8-24(9-13)18-22-14(17(20)26)7-15(23-18)21-11(2)16(19)25/h3-7,11,13H,8-9H2,1-2H3,(H2,19,25)(H2,20,26)(H,21,22,23)/t11-/m0/s1. The molecule has 1 aromatic heterocycles. The summed E-state index contributed by atoms with van der Waals surface area (Å²) in [6.45, 7) is 4.76. The molecule has 142 valence electrons. The Labute approximate surface area is 156 Å². The maximum atomic E-state index is 11.6. The van der Waals surface area contributed by atoms with Gasteiger partial charge in [-0.25, -0.2) is 4.98 Å². The highest BCUT2D eigenvalue weighted by Gasteiger charge is 2.31. The number of hydrogen-bond donors (Lipinski definition) is 3. The Balaban J connectivity index is 1.69. The van der Waals surface area contributed by atoms with Gasteiger partial charge in [-0.3, -0.25) is 9.59 Å². The summed E-state index contributed by atoms with van der Waals surface area (Å²) < 4.78 is 5.90. The maximum absolute atomic E-state index is 11.6. The van der Waals surface area contributed by atoms with Gasteiger partial charge < -0.3 is 26.4 Å². The second kappa shape index (κ2) is 7.48. The van der Waals surface area contributed by atoms with Crippen LogP contribution in [0.4, 0.5) is 11.8 Å². The van der Waals surface area contributed by atoms with Gasteiger partial charge in [-0.1, -0.05) is 17.7 Å². The van der Waals surface area contributed by atoms with E-state index in [9.17, 15) is 9.59 Å². The van der Waals surface area contributed by atoms with Crippen LogP contribution in [0.2, 0.25) is 0 Å².